The van der Waals surface area contributed by atoms with Gasteiger partial charge in [-0.2, -0.15) is 4.98 Å². The minimum absolute atomic E-state index is 0.0696. The molecular formula is C20H20N4O2. The van der Waals surface area contributed by atoms with Gasteiger partial charge in [0.05, 0.1) is 0 Å². The predicted molar refractivity (Wildman–Crippen MR) is 98.6 cm³/mol. The number of hydrogen-bond donors (Lipinski definition) is 0. The maximum Gasteiger partial charge on any atom is 0.258 e. The van der Waals surface area contributed by atoms with E-state index in [4.69, 9.17) is 4.52 Å². The van der Waals surface area contributed by atoms with E-state index in [-0.39, 0.29) is 5.91 Å². The van der Waals surface area contributed by atoms with Crippen molar-refractivity contribution >= 4 is 5.91 Å². The summed E-state index contributed by atoms with van der Waals surface area (Å²) < 4.78 is 5.37. The van der Waals surface area contributed by atoms with Gasteiger partial charge in [0.1, 0.15) is 0 Å². The highest BCUT2D eigenvalue weighted by Crippen LogP contribution is 2.22. The van der Waals surface area contributed by atoms with Crippen LogP contribution in [0.5, 0.6) is 0 Å². The van der Waals surface area contributed by atoms with Gasteiger partial charge in [-0.3, -0.25) is 4.79 Å². The second kappa shape index (κ2) is 7.09. The number of nitrogens with zero attached hydrogens (tertiary/aromatic N) is 4. The first-order valence-corrected chi connectivity index (χ1v) is 8.68. The number of rotatable bonds is 3. The van der Waals surface area contributed by atoms with Crippen molar-refractivity contribution in [3.63, 3.8) is 0 Å². The fourth-order valence-corrected chi connectivity index (χ4v) is 2.99. The molecule has 1 aliphatic rings. The molecule has 3 aromatic rings. The van der Waals surface area contributed by atoms with Gasteiger partial charge in [-0.25, -0.2) is 0 Å². The summed E-state index contributed by atoms with van der Waals surface area (Å²) in [7, 11) is 2.07. The summed E-state index contributed by atoms with van der Waals surface area (Å²) in [6, 6.07) is 17.0. The van der Waals surface area contributed by atoms with E-state index < -0.39 is 0 Å². The molecule has 1 saturated heterocycles. The topological polar surface area (TPSA) is 62.5 Å². The van der Waals surface area contributed by atoms with E-state index in [1.165, 1.54) is 0 Å². The van der Waals surface area contributed by atoms with Crippen molar-refractivity contribution in [3.05, 3.63) is 60.2 Å². The van der Waals surface area contributed by atoms with E-state index in [1.807, 2.05) is 59.5 Å². The van der Waals surface area contributed by atoms with Gasteiger partial charge in [-0.05, 0) is 31.3 Å². The van der Waals surface area contributed by atoms with Gasteiger partial charge in [0.15, 0.2) is 0 Å². The summed E-state index contributed by atoms with van der Waals surface area (Å²) in [4.78, 5) is 21.2. The zero-order chi connectivity index (χ0) is 17.9. The van der Waals surface area contributed by atoms with Crippen LogP contribution in [0.25, 0.3) is 22.8 Å². The van der Waals surface area contributed by atoms with Gasteiger partial charge in [0.2, 0.25) is 5.82 Å². The molecule has 0 unspecified atom stereocenters. The van der Waals surface area contributed by atoms with Crippen LogP contribution in [0, 0.1) is 0 Å². The SMILES string of the molecule is CN1CCN(C(=O)c2ccc(-c3nc(-c4ccccc4)no3)cc2)CC1. The standard InChI is InChI=1S/C20H20N4O2/c1-23-11-13-24(14-12-23)20(25)17-9-7-16(8-10-17)19-21-18(22-26-19)15-5-3-2-4-6-15/h2-10H,11-14H2,1H3. The molecule has 6 heteroatoms. The van der Waals surface area contributed by atoms with E-state index in [9.17, 15) is 4.79 Å². The first-order valence-electron chi connectivity index (χ1n) is 8.68. The first kappa shape index (κ1) is 16.5. The van der Waals surface area contributed by atoms with Gasteiger partial charge >= 0.3 is 0 Å². The molecule has 2 heterocycles. The number of carbonyl (C=O) groups excluding carboxylic acids is 1. The number of hydrogen-bond acceptors (Lipinski definition) is 5. The van der Waals surface area contributed by atoms with Gasteiger partial charge in [-0.15, -0.1) is 0 Å². The molecule has 6 nitrogen and oxygen atoms in total. The fourth-order valence-electron chi connectivity index (χ4n) is 2.99. The highest BCUT2D eigenvalue weighted by atomic mass is 16.5. The van der Waals surface area contributed by atoms with Crippen molar-refractivity contribution in [2.75, 3.05) is 33.2 Å². The van der Waals surface area contributed by atoms with Crippen LogP contribution in [0.2, 0.25) is 0 Å². The number of amides is 1. The molecule has 1 amide bonds. The third-order valence-corrected chi connectivity index (χ3v) is 4.63. The summed E-state index contributed by atoms with van der Waals surface area (Å²) in [6.07, 6.45) is 0. The Labute approximate surface area is 152 Å². The van der Waals surface area contributed by atoms with Crippen LogP contribution in [0.15, 0.2) is 59.1 Å². The van der Waals surface area contributed by atoms with E-state index in [0.29, 0.717) is 17.3 Å². The minimum Gasteiger partial charge on any atom is -0.336 e. The molecule has 0 aliphatic carbocycles. The Morgan fingerprint density at radius 2 is 1.62 bits per heavy atom. The average Bonchev–Trinajstić information content (AvgIpc) is 3.19. The molecule has 0 atom stereocenters. The highest BCUT2D eigenvalue weighted by molar-refractivity contribution is 5.94. The molecule has 2 aromatic carbocycles. The summed E-state index contributed by atoms with van der Waals surface area (Å²) in [5, 5.41) is 4.03. The van der Waals surface area contributed by atoms with Crippen molar-refractivity contribution in [2.24, 2.45) is 0 Å². The van der Waals surface area contributed by atoms with Crippen LogP contribution >= 0.6 is 0 Å². The molecule has 0 saturated carbocycles. The molecule has 0 bridgehead atoms. The Hall–Kier alpha value is -2.99. The minimum atomic E-state index is 0.0696. The van der Waals surface area contributed by atoms with Gasteiger partial charge in [0, 0.05) is 42.9 Å². The second-order valence-electron chi connectivity index (χ2n) is 6.46. The zero-order valence-corrected chi connectivity index (χ0v) is 14.6. The van der Waals surface area contributed by atoms with Crippen molar-refractivity contribution < 1.29 is 9.32 Å². The first-order chi connectivity index (χ1) is 12.7. The summed E-state index contributed by atoms with van der Waals surface area (Å²) >= 11 is 0. The lowest BCUT2D eigenvalue weighted by atomic mass is 10.1. The maximum absolute atomic E-state index is 12.6. The number of benzene rings is 2. The zero-order valence-electron chi connectivity index (χ0n) is 14.6. The molecule has 132 valence electrons. The van der Waals surface area contributed by atoms with Crippen LogP contribution in [0.1, 0.15) is 10.4 Å². The van der Waals surface area contributed by atoms with E-state index in [1.54, 1.807) is 0 Å². The predicted octanol–water partition coefficient (Wildman–Crippen LogP) is 2.79. The van der Waals surface area contributed by atoms with Crippen LogP contribution < -0.4 is 0 Å². The van der Waals surface area contributed by atoms with E-state index in [2.05, 4.69) is 22.1 Å². The maximum atomic E-state index is 12.6. The fraction of sp³-hybridized carbons (Fsp3) is 0.250. The Bertz CT molecular complexity index is 882. The molecular weight excluding hydrogens is 328 g/mol. The molecule has 26 heavy (non-hydrogen) atoms. The highest BCUT2D eigenvalue weighted by Gasteiger charge is 2.20. The lowest BCUT2D eigenvalue weighted by Crippen LogP contribution is -2.47. The number of likely N-dealkylation sites (N-methyl/N-ethyl adjacent to an activating group) is 1. The lowest BCUT2D eigenvalue weighted by Gasteiger charge is -2.32. The third kappa shape index (κ3) is 3.36. The Balaban J connectivity index is 1.50. The second-order valence-corrected chi connectivity index (χ2v) is 6.46. The van der Waals surface area contributed by atoms with Crippen LogP contribution in [-0.4, -0.2) is 59.1 Å². The van der Waals surface area contributed by atoms with E-state index in [0.717, 1.165) is 37.3 Å². The van der Waals surface area contributed by atoms with Crippen LogP contribution in [0.4, 0.5) is 0 Å². The average molecular weight is 348 g/mol. The Morgan fingerprint density at radius 3 is 2.31 bits per heavy atom. The molecule has 0 N–H and O–H groups in total. The van der Waals surface area contributed by atoms with Crippen LogP contribution in [-0.2, 0) is 0 Å². The normalized spacial score (nSPS) is 15.2. The molecule has 1 aromatic heterocycles. The Morgan fingerprint density at radius 1 is 0.923 bits per heavy atom. The van der Waals surface area contributed by atoms with Crippen LogP contribution in [0.3, 0.4) is 0 Å². The van der Waals surface area contributed by atoms with Crippen molar-refractivity contribution in [3.8, 4) is 22.8 Å². The summed E-state index contributed by atoms with van der Waals surface area (Å²) in [6.45, 7) is 3.35. The van der Waals surface area contributed by atoms with Gasteiger partial charge in [0.25, 0.3) is 11.8 Å². The van der Waals surface area contributed by atoms with E-state index >= 15 is 0 Å². The molecule has 0 spiro atoms. The van der Waals surface area contributed by atoms with Gasteiger partial charge < -0.3 is 14.3 Å². The molecule has 4 rings (SSSR count). The summed E-state index contributed by atoms with van der Waals surface area (Å²) in [5.41, 5.74) is 2.39. The van der Waals surface area contributed by atoms with Crippen molar-refractivity contribution in [1.29, 1.82) is 0 Å². The molecule has 1 aliphatic heterocycles. The summed E-state index contributed by atoms with van der Waals surface area (Å²) in [5.74, 6) is 1.07. The largest absolute Gasteiger partial charge is 0.336 e. The number of piperazine rings is 1. The molecule has 1 fully saturated rings. The quantitative estimate of drug-likeness (QED) is 0.728. The number of aromatic nitrogens is 2. The lowest BCUT2D eigenvalue weighted by molar-refractivity contribution is 0.0664. The third-order valence-electron chi connectivity index (χ3n) is 4.63. The smallest absolute Gasteiger partial charge is 0.258 e. The van der Waals surface area contributed by atoms with Crippen molar-refractivity contribution in [2.45, 2.75) is 0 Å². The monoisotopic (exact) mass is 348 g/mol. The Kier molecular flexibility index (Phi) is 4.50. The number of carbonyl (C=O) groups is 1. The molecule has 0 radical (unpaired) electrons. The van der Waals surface area contributed by atoms with Crippen molar-refractivity contribution in [1.82, 2.24) is 19.9 Å². The van der Waals surface area contributed by atoms with Gasteiger partial charge in [-0.1, -0.05) is 35.5 Å².